The van der Waals surface area contributed by atoms with Crippen LogP contribution in [0.15, 0.2) is 30.3 Å². The fourth-order valence-electron chi connectivity index (χ4n) is 3.61. The van der Waals surface area contributed by atoms with Gasteiger partial charge in [-0.25, -0.2) is 9.78 Å². The highest BCUT2D eigenvalue weighted by atomic mass is 32.2. The maximum atomic E-state index is 13.0. The van der Waals surface area contributed by atoms with Crippen LogP contribution in [0.1, 0.15) is 21.6 Å². The number of carbonyl (C=O) groups is 2. The highest BCUT2D eigenvalue weighted by molar-refractivity contribution is 7.99. The minimum absolute atomic E-state index is 0.200. The molecule has 1 saturated heterocycles. The van der Waals surface area contributed by atoms with Crippen molar-refractivity contribution in [2.45, 2.75) is 13.3 Å². The summed E-state index contributed by atoms with van der Waals surface area (Å²) in [5.74, 6) is 2.59. The first-order valence-corrected chi connectivity index (χ1v) is 10.4. The Morgan fingerprint density at radius 3 is 2.68 bits per heavy atom. The van der Waals surface area contributed by atoms with Crippen molar-refractivity contribution < 1.29 is 14.7 Å². The maximum Gasteiger partial charge on any atom is 0.411 e. The van der Waals surface area contributed by atoms with Crippen LogP contribution in [-0.2, 0) is 6.42 Å². The van der Waals surface area contributed by atoms with E-state index in [0.29, 0.717) is 29.9 Å². The number of hydrogen-bond acceptors (Lipinski definition) is 5. The number of benzene rings is 1. The third-order valence-electron chi connectivity index (χ3n) is 5.03. The first-order valence-electron chi connectivity index (χ1n) is 9.28. The second-order valence-electron chi connectivity index (χ2n) is 6.91. The van der Waals surface area contributed by atoms with Crippen molar-refractivity contribution in [2.24, 2.45) is 0 Å². The zero-order valence-electron chi connectivity index (χ0n) is 15.6. The minimum atomic E-state index is -0.953. The molecule has 0 atom stereocenters. The molecule has 2 aliphatic heterocycles. The minimum Gasteiger partial charge on any atom is -0.465 e. The van der Waals surface area contributed by atoms with E-state index in [1.807, 2.05) is 36.9 Å². The lowest BCUT2D eigenvalue weighted by Gasteiger charge is -2.29. The maximum absolute atomic E-state index is 13.0. The topological polar surface area (TPSA) is 85.8 Å². The zero-order valence-corrected chi connectivity index (χ0v) is 16.5. The van der Waals surface area contributed by atoms with E-state index in [1.54, 1.807) is 12.1 Å². The number of rotatable bonds is 3. The van der Waals surface area contributed by atoms with E-state index in [9.17, 15) is 14.7 Å². The summed E-state index contributed by atoms with van der Waals surface area (Å²) in [7, 11) is 0. The van der Waals surface area contributed by atoms with Crippen molar-refractivity contribution in [3.63, 3.8) is 0 Å². The van der Waals surface area contributed by atoms with Crippen molar-refractivity contribution >= 4 is 41.0 Å². The lowest BCUT2D eigenvalue weighted by molar-refractivity contribution is 0.102. The van der Waals surface area contributed by atoms with Gasteiger partial charge in [0.05, 0.1) is 11.3 Å². The molecule has 3 heterocycles. The van der Waals surface area contributed by atoms with Gasteiger partial charge in [0, 0.05) is 42.5 Å². The molecule has 0 saturated carbocycles. The fourth-order valence-corrected chi connectivity index (χ4v) is 4.52. The molecule has 0 aliphatic carbocycles. The van der Waals surface area contributed by atoms with Gasteiger partial charge >= 0.3 is 6.09 Å². The van der Waals surface area contributed by atoms with Crippen LogP contribution in [-0.4, -0.2) is 53.2 Å². The van der Waals surface area contributed by atoms with Crippen LogP contribution < -0.4 is 15.1 Å². The van der Waals surface area contributed by atoms with Crippen LogP contribution in [0, 0.1) is 6.92 Å². The molecule has 2 aromatic rings. The first-order chi connectivity index (χ1) is 13.5. The number of carboxylic acid groups (broad SMARTS) is 1. The molecule has 0 bridgehead atoms. The summed E-state index contributed by atoms with van der Waals surface area (Å²) in [6.07, 6.45) is -0.306. The molecule has 0 radical (unpaired) electrons. The molecule has 0 spiro atoms. The van der Waals surface area contributed by atoms with Crippen molar-refractivity contribution in [1.29, 1.82) is 0 Å². The first kappa shape index (κ1) is 18.6. The van der Waals surface area contributed by atoms with E-state index >= 15 is 0 Å². The van der Waals surface area contributed by atoms with Gasteiger partial charge in [-0.3, -0.25) is 9.69 Å². The van der Waals surface area contributed by atoms with Crippen molar-refractivity contribution in [3.8, 4) is 0 Å². The largest absolute Gasteiger partial charge is 0.465 e. The summed E-state index contributed by atoms with van der Waals surface area (Å²) < 4.78 is 0. The van der Waals surface area contributed by atoms with Crippen LogP contribution in [0.2, 0.25) is 0 Å². The molecule has 1 aromatic heterocycles. The highest BCUT2D eigenvalue weighted by Crippen LogP contribution is 2.31. The van der Waals surface area contributed by atoms with Gasteiger partial charge in [-0.2, -0.15) is 11.8 Å². The standard InChI is InChI=1S/C20H22N4O3S/c1-13-2-4-16(18(21-13)23-8-10-28-11-9-23)19(25)22-15-3-5-17-14(12-15)6-7-24(17)20(26)27/h2-5,12H,6-11H2,1H3,(H,22,25)(H,26,27). The summed E-state index contributed by atoms with van der Waals surface area (Å²) in [5.41, 5.74) is 3.72. The second kappa shape index (κ2) is 7.71. The average Bonchev–Trinajstić information content (AvgIpc) is 3.12. The Labute approximate surface area is 167 Å². The molecule has 2 amide bonds. The van der Waals surface area contributed by atoms with E-state index in [-0.39, 0.29) is 5.91 Å². The van der Waals surface area contributed by atoms with Crippen LogP contribution in [0.4, 0.5) is 22.0 Å². The number of nitrogens with one attached hydrogen (secondary N) is 1. The molecule has 7 nitrogen and oxygen atoms in total. The monoisotopic (exact) mass is 398 g/mol. The predicted molar refractivity (Wildman–Crippen MR) is 112 cm³/mol. The number of anilines is 3. The van der Waals surface area contributed by atoms with Crippen LogP contribution >= 0.6 is 11.8 Å². The van der Waals surface area contributed by atoms with E-state index in [2.05, 4.69) is 15.2 Å². The van der Waals surface area contributed by atoms with Crippen molar-refractivity contribution in [3.05, 3.63) is 47.2 Å². The highest BCUT2D eigenvalue weighted by Gasteiger charge is 2.25. The zero-order chi connectivity index (χ0) is 19.7. The normalized spacial score (nSPS) is 16.0. The molecule has 4 rings (SSSR count). The fraction of sp³-hybridized carbons (Fsp3) is 0.350. The van der Waals surface area contributed by atoms with Gasteiger partial charge < -0.3 is 15.3 Å². The van der Waals surface area contributed by atoms with Crippen LogP contribution in [0.25, 0.3) is 0 Å². The van der Waals surface area contributed by atoms with Crippen molar-refractivity contribution in [1.82, 2.24) is 4.98 Å². The lowest BCUT2D eigenvalue weighted by Crippen LogP contribution is -2.35. The van der Waals surface area contributed by atoms with Gasteiger partial charge in [0.2, 0.25) is 0 Å². The van der Waals surface area contributed by atoms with Crippen LogP contribution in [0.3, 0.4) is 0 Å². The quantitative estimate of drug-likeness (QED) is 0.826. The van der Waals surface area contributed by atoms with E-state index < -0.39 is 6.09 Å². The van der Waals surface area contributed by atoms with Gasteiger partial charge in [0.1, 0.15) is 5.82 Å². The van der Waals surface area contributed by atoms with Gasteiger partial charge in [-0.15, -0.1) is 0 Å². The molecule has 2 N–H and O–H groups in total. The van der Waals surface area contributed by atoms with Gasteiger partial charge in [-0.1, -0.05) is 0 Å². The van der Waals surface area contributed by atoms with E-state index in [4.69, 9.17) is 0 Å². The summed E-state index contributed by atoms with van der Waals surface area (Å²) in [6, 6.07) is 9.03. The number of hydrogen-bond donors (Lipinski definition) is 2. The third kappa shape index (κ3) is 3.64. The Kier molecular flexibility index (Phi) is 5.13. The van der Waals surface area contributed by atoms with E-state index in [1.165, 1.54) is 4.90 Å². The summed E-state index contributed by atoms with van der Waals surface area (Å²) in [5, 5.41) is 12.2. The molecule has 8 heteroatoms. The number of fused-ring (bicyclic) bond motifs is 1. The molecular formula is C20H22N4O3S. The molecule has 1 aromatic carbocycles. The number of pyridine rings is 1. The van der Waals surface area contributed by atoms with E-state index in [0.717, 1.165) is 41.7 Å². The number of carbonyl (C=O) groups excluding carboxylic acids is 1. The molecule has 2 aliphatic rings. The Bertz CT molecular complexity index is 928. The third-order valence-corrected chi connectivity index (χ3v) is 5.98. The number of aryl methyl sites for hydroxylation is 1. The summed E-state index contributed by atoms with van der Waals surface area (Å²) in [6.45, 7) is 4.14. The van der Waals surface area contributed by atoms with Gasteiger partial charge in [-0.05, 0) is 49.2 Å². The number of aromatic nitrogens is 1. The SMILES string of the molecule is Cc1ccc(C(=O)Nc2ccc3c(c2)CCN3C(=O)O)c(N2CCSCC2)n1. The molecule has 1 fully saturated rings. The Morgan fingerprint density at radius 2 is 1.93 bits per heavy atom. The molecule has 28 heavy (non-hydrogen) atoms. The smallest absolute Gasteiger partial charge is 0.411 e. The number of thioether (sulfide) groups is 1. The number of nitrogens with zero attached hydrogens (tertiary/aromatic N) is 3. The Morgan fingerprint density at radius 1 is 1.14 bits per heavy atom. The van der Waals surface area contributed by atoms with Crippen molar-refractivity contribution in [2.75, 3.05) is 46.3 Å². The summed E-state index contributed by atoms with van der Waals surface area (Å²) >= 11 is 1.91. The van der Waals surface area contributed by atoms with Crippen LogP contribution in [0.5, 0.6) is 0 Å². The summed E-state index contributed by atoms with van der Waals surface area (Å²) in [4.78, 5) is 32.4. The number of amides is 2. The predicted octanol–water partition coefficient (Wildman–Crippen LogP) is 3.24. The molecule has 0 unspecified atom stereocenters. The Balaban J connectivity index is 1.57. The van der Waals surface area contributed by atoms with Gasteiger partial charge in [0.15, 0.2) is 0 Å². The molecular weight excluding hydrogens is 376 g/mol. The lowest BCUT2D eigenvalue weighted by atomic mass is 10.1. The average molecular weight is 398 g/mol. The second-order valence-corrected chi connectivity index (χ2v) is 8.13. The Hall–Kier alpha value is -2.74. The van der Waals surface area contributed by atoms with Gasteiger partial charge in [0.25, 0.3) is 5.91 Å². The molecule has 146 valence electrons.